The lowest BCUT2D eigenvalue weighted by Gasteiger charge is -2.09. The van der Waals surface area contributed by atoms with Crippen LogP contribution < -0.4 is 15.4 Å². The van der Waals surface area contributed by atoms with Crippen molar-refractivity contribution in [1.29, 1.82) is 0 Å². The molecule has 140 valence electrons. The summed E-state index contributed by atoms with van der Waals surface area (Å²) >= 11 is 1.41. The summed E-state index contributed by atoms with van der Waals surface area (Å²) in [6.45, 7) is 2.21. The number of rotatable bonds is 7. The lowest BCUT2D eigenvalue weighted by atomic mass is 10.1. The number of para-hydroxylation sites is 1. The van der Waals surface area contributed by atoms with Crippen molar-refractivity contribution in [3.63, 3.8) is 0 Å². The molecule has 0 aliphatic carbocycles. The number of aromatic nitrogens is 1. The van der Waals surface area contributed by atoms with Crippen molar-refractivity contribution in [2.75, 3.05) is 12.4 Å². The molecule has 6 nitrogen and oxygen atoms in total. The first-order valence-corrected chi connectivity index (χ1v) is 9.48. The zero-order chi connectivity index (χ0) is 19.2. The van der Waals surface area contributed by atoms with E-state index >= 15 is 0 Å². The predicted molar refractivity (Wildman–Crippen MR) is 107 cm³/mol. The first-order chi connectivity index (χ1) is 13.1. The topological polar surface area (TPSA) is 80.3 Å². The molecule has 2 aromatic carbocycles. The summed E-state index contributed by atoms with van der Waals surface area (Å²) in [7, 11) is 1.61. The number of methoxy groups -OCH3 is 1. The van der Waals surface area contributed by atoms with Gasteiger partial charge in [-0.15, -0.1) is 0 Å². The number of carbonyl (C=O) groups excluding carboxylic acids is 2. The molecule has 3 rings (SSSR count). The quantitative estimate of drug-likeness (QED) is 0.654. The van der Waals surface area contributed by atoms with Crippen molar-refractivity contribution < 1.29 is 14.3 Å². The van der Waals surface area contributed by atoms with Crippen LogP contribution in [0.3, 0.4) is 0 Å². The third-order valence-corrected chi connectivity index (χ3v) is 4.99. The molecule has 3 aromatic rings. The summed E-state index contributed by atoms with van der Waals surface area (Å²) in [4.78, 5) is 28.2. The molecule has 0 atom stereocenters. The van der Waals surface area contributed by atoms with Crippen LogP contribution in [0.4, 0.5) is 5.13 Å². The summed E-state index contributed by atoms with van der Waals surface area (Å²) in [5.74, 6) is 0.625. The lowest BCUT2D eigenvalue weighted by molar-refractivity contribution is -0.120. The smallest absolute Gasteiger partial charge is 0.225 e. The summed E-state index contributed by atoms with van der Waals surface area (Å²) in [6, 6.07) is 13.3. The van der Waals surface area contributed by atoms with E-state index in [1.54, 1.807) is 14.0 Å². The van der Waals surface area contributed by atoms with E-state index in [2.05, 4.69) is 15.6 Å². The number of anilines is 1. The molecule has 7 heteroatoms. The minimum atomic E-state index is -0.0655. The van der Waals surface area contributed by atoms with Crippen LogP contribution in [0, 0.1) is 0 Å². The van der Waals surface area contributed by atoms with Gasteiger partial charge in [0.2, 0.25) is 11.8 Å². The number of nitrogens with one attached hydrogen (secondary N) is 2. The van der Waals surface area contributed by atoms with Gasteiger partial charge in [0.05, 0.1) is 23.7 Å². The molecule has 1 heterocycles. The van der Waals surface area contributed by atoms with E-state index in [0.717, 1.165) is 27.1 Å². The first-order valence-electron chi connectivity index (χ1n) is 8.67. The molecule has 0 bridgehead atoms. The second-order valence-electron chi connectivity index (χ2n) is 5.99. The van der Waals surface area contributed by atoms with Gasteiger partial charge in [-0.25, -0.2) is 4.98 Å². The predicted octanol–water partition coefficient (Wildman–Crippen LogP) is 3.51. The van der Waals surface area contributed by atoms with Crippen LogP contribution in [0.1, 0.15) is 24.5 Å². The van der Waals surface area contributed by atoms with Crippen LogP contribution in [0.2, 0.25) is 0 Å². The number of hydrogen-bond acceptors (Lipinski definition) is 5. The highest BCUT2D eigenvalue weighted by molar-refractivity contribution is 7.22. The average Bonchev–Trinajstić information content (AvgIpc) is 3.07. The standard InChI is InChI=1S/C20H21N3O3S/c1-3-18(24)23-20-22-15-9-8-13(10-17(15)27-20)11-19(25)21-12-14-6-4-5-7-16(14)26-2/h4-10H,3,11-12H2,1-2H3,(H,21,25)(H,22,23,24). The van der Waals surface area contributed by atoms with Crippen LogP contribution in [-0.4, -0.2) is 23.9 Å². The molecule has 0 unspecified atom stereocenters. The number of benzene rings is 2. The van der Waals surface area contributed by atoms with Gasteiger partial charge in [0.25, 0.3) is 0 Å². The van der Waals surface area contributed by atoms with E-state index < -0.39 is 0 Å². The molecule has 2 amide bonds. The molecule has 27 heavy (non-hydrogen) atoms. The van der Waals surface area contributed by atoms with Gasteiger partial charge in [0.15, 0.2) is 5.13 Å². The fourth-order valence-electron chi connectivity index (χ4n) is 2.63. The highest BCUT2D eigenvalue weighted by Gasteiger charge is 2.10. The highest BCUT2D eigenvalue weighted by Crippen LogP contribution is 2.27. The van der Waals surface area contributed by atoms with Gasteiger partial charge >= 0.3 is 0 Å². The largest absolute Gasteiger partial charge is 0.496 e. The second kappa shape index (κ2) is 8.64. The first kappa shape index (κ1) is 18.8. The Morgan fingerprint density at radius 3 is 2.74 bits per heavy atom. The Kier molecular flexibility index (Phi) is 6.03. The molecule has 2 N–H and O–H groups in total. The maximum absolute atomic E-state index is 12.3. The summed E-state index contributed by atoms with van der Waals surface area (Å²) in [5, 5.41) is 6.27. The third-order valence-electron chi connectivity index (χ3n) is 4.05. The second-order valence-corrected chi connectivity index (χ2v) is 7.02. The minimum Gasteiger partial charge on any atom is -0.496 e. The summed E-state index contributed by atoms with van der Waals surface area (Å²) in [6.07, 6.45) is 0.688. The Bertz CT molecular complexity index is 968. The molecule has 0 spiro atoms. The van der Waals surface area contributed by atoms with Crippen molar-refractivity contribution in [3.8, 4) is 5.75 Å². The molecule has 0 saturated carbocycles. The number of hydrogen-bond donors (Lipinski definition) is 2. The highest BCUT2D eigenvalue weighted by atomic mass is 32.1. The van der Waals surface area contributed by atoms with Gasteiger partial charge in [-0.3, -0.25) is 9.59 Å². The third kappa shape index (κ3) is 4.83. The van der Waals surface area contributed by atoms with Gasteiger partial charge in [-0.1, -0.05) is 42.5 Å². The van der Waals surface area contributed by atoms with Gasteiger partial charge < -0.3 is 15.4 Å². The Morgan fingerprint density at radius 1 is 1.15 bits per heavy atom. The van der Waals surface area contributed by atoms with E-state index in [1.807, 2.05) is 42.5 Å². The molecule has 0 aliphatic rings. The Labute approximate surface area is 161 Å². The van der Waals surface area contributed by atoms with E-state index in [9.17, 15) is 9.59 Å². The fourth-order valence-corrected chi connectivity index (χ4v) is 3.58. The molecule has 0 saturated heterocycles. The van der Waals surface area contributed by atoms with Gasteiger partial charge in [-0.05, 0) is 23.8 Å². The number of carbonyl (C=O) groups is 2. The molecular weight excluding hydrogens is 362 g/mol. The van der Waals surface area contributed by atoms with E-state index in [1.165, 1.54) is 11.3 Å². The van der Waals surface area contributed by atoms with E-state index in [0.29, 0.717) is 18.1 Å². The maximum Gasteiger partial charge on any atom is 0.225 e. The van der Waals surface area contributed by atoms with Gasteiger partial charge in [-0.2, -0.15) is 0 Å². The van der Waals surface area contributed by atoms with E-state index in [-0.39, 0.29) is 18.2 Å². The Morgan fingerprint density at radius 2 is 1.96 bits per heavy atom. The number of amides is 2. The number of ether oxygens (including phenoxy) is 1. The molecule has 0 fully saturated rings. The normalized spacial score (nSPS) is 10.6. The summed E-state index contributed by atoms with van der Waals surface area (Å²) in [5.41, 5.74) is 2.64. The van der Waals surface area contributed by atoms with Crippen molar-refractivity contribution in [3.05, 3.63) is 53.6 Å². The SMILES string of the molecule is CCC(=O)Nc1nc2ccc(CC(=O)NCc3ccccc3OC)cc2s1. The lowest BCUT2D eigenvalue weighted by Crippen LogP contribution is -2.24. The molecular formula is C20H21N3O3S. The van der Waals surface area contributed by atoms with Crippen LogP contribution in [0.15, 0.2) is 42.5 Å². The summed E-state index contributed by atoms with van der Waals surface area (Å²) < 4.78 is 6.24. The molecule has 0 aliphatic heterocycles. The minimum absolute atomic E-state index is 0.0648. The molecule has 0 radical (unpaired) electrons. The molecule has 1 aromatic heterocycles. The van der Waals surface area contributed by atoms with Crippen LogP contribution in [0.25, 0.3) is 10.2 Å². The zero-order valence-electron chi connectivity index (χ0n) is 15.2. The van der Waals surface area contributed by atoms with Crippen LogP contribution >= 0.6 is 11.3 Å². The van der Waals surface area contributed by atoms with Gasteiger partial charge in [0.1, 0.15) is 5.75 Å². The maximum atomic E-state index is 12.3. The van der Waals surface area contributed by atoms with Crippen LogP contribution in [0.5, 0.6) is 5.75 Å². The zero-order valence-corrected chi connectivity index (χ0v) is 16.1. The average molecular weight is 383 g/mol. The Hall–Kier alpha value is -2.93. The van der Waals surface area contributed by atoms with Crippen LogP contribution in [-0.2, 0) is 22.6 Å². The Balaban J connectivity index is 1.63. The fraction of sp³-hybridized carbons (Fsp3) is 0.250. The van der Waals surface area contributed by atoms with Crippen molar-refractivity contribution in [2.45, 2.75) is 26.3 Å². The van der Waals surface area contributed by atoms with Crippen molar-refractivity contribution in [1.82, 2.24) is 10.3 Å². The van der Waals surface area contributed by atoms with E-state index in [4.69, 9.17) is 4.74 Å². The van der Waals surface area contributed by atoms with Crippen molar-refractivity contribution in [2.24, 2.45) is 0 Å². The van der Waals surface area contributed by atoms with Crippen molar-refractivity contribution >= 4 is 38.5 Å². The number of fused-ring (bicyclic) bond motifs is 1. The number of nitrogens with zero attached hydrogens (tertiary/aromatic N) is 1. The monoisotopic (exact) mass is 383 g/mol. The van der Waals surface area contributed by atoms with Gasteiger partial charge in [0, 0.05) is 18.5 Å². The number of thiazole rings is 1.